The van der Waals surface area contributed by atoms with Gasteiger partial charge in [0.25, 0.3) is 0 Å². The maximum absolute atomic E-state index is 11.9. The second kappa shape index (κ2) is 8.51. The standard InChI is InChI=1S/C14H29N3O2/c1-17(11-13(18)16-9-6-10-19-2)14(12-15)7-4-3-5-8-14/h3-12,15H2,1-2H3,(H,16,18). The van der Waals surface area contributed by atoms with E-state index in [0.717, 1.165) is 19.3 Å². The molecule has 5 heteroatoms. The van der Waals surface area contributed by atoms with Crippen molar-refractivity contribution in [3.8, 4) is 0 Å². The zero-order valence-electron chi connectivity index (χ0n) is 12.4. The lowest BCUT2D eigenvalue weighted by molar-refractivity contribution is -0.123. The van der Waals surface area contributed by atoms with Gasteiger partial charge in [-0.05, 0) is 26.3 Å². The third-order valence-electron chi connectivity index (χ3n) is 4.20. The topological polar surface area (TPSA) is 67.6 Å². The van der Waals surface area contributed by atoms with Crippen molar-refractivity contribution in [1.29, 1.82) is 0 Å². The molecule has 0 heterocycles. The Hall–Kier alpha value is -0.650. The molecule has 1 amide bonds. The lowest BCUT2D eigenvalue weighted by Crippen LogP contribution is -2.55. The van der Waals surface area contributed by atoms with Crippen molar-refractivity contribution in [2.75, 3.05) is 40.4 Å². The Morgan fingerprint density at radius 2 is 2.05 bits per heavy atom. The largest absolute Gasteiger partial charge is 0.385 e. The number of hydrogen-bond acceptors (Lipinski definition) is 4. The Kier molecular flexibility index (Phi) is 7.34. The van der Waals surface area contributed by atoms with Crippen LogP contribution in [0.15, 0.2) is 0 Å². The number of carbonyl (C=O) groups is 1. The number of nitrogens with two attached hydrogens (primary N) is 1. The number of ether oxygens (including phenoxy) is 1. The van der Waals surface area contributed by atoms with Crippen LogP contribution in [0.2, 0.25) is 0 Å². The summed E-state index contributed by atoms with van der Waals surface area (Å²) in [4.78, 5) is 14.0. The number of rotatable bonds is 8. The molecule has 1 aliphatic rings. The van der Waals surface area contributed by atoms with Crippen LogP contribution in [0, 0.1) is 0 Å². The number of nitrogens with zero attached hydrogens (tertiary/aromatic N) is 1. The predicted molar refractivity (Wildman–Crippen MR) is 77.0 cm³/mol. The molecule has 5 nitrogen and oxygen atoms in total. The van der Waals surface area contributed by atoms with Crippen molar-refractivity contribution in [3.05, 3.63) is 0 Å². The fraction of sp³-hybridized carbons (Fsp3) is 0.929. The number of hydrogen-bond donors (Lipinski definition) is 2. The van der Waals surface area contributed by atoms with E-state index in [0.29, 0.717) is 26.2 Å². The molecule has 1 rings (SSSR count). The molecule has 0 bridgehead atoms. The van der Waals surface area contributed by atoms with Crippen molar-refractivity contribution >= 4 is 5.91 Å². The zero-order valence-corrected chi connectivity index (χ0v) is 12.4. The van der Waals surface area contributed by atoms with Crippen LogP contribution in [-0.4, -0.2) is 56.7 Å². The van der Waals surface area contributed by atoms with Gasteiger partial charge in [0.2, 0.25) is 5.91 Å². The molecule has 0 aromatic carbocycles. The molecule has 1 fully saturated rings. The van der Waals surface area contributed by atoms with Crippen molar-refractivity contribution in [1.82, 2.24) is 10.2 Å². The van der Waals surface area contributed by atoms with Gasteiger partial charge in [0.05, 0.1) is 6.54 Å². The maximum atomic E-state index is 11.9. The molecule has 0 atom stereocenters. The smallest absolute Gasteiger partial charge is 0.234 e. The second-order valence-electron chi connectivity index (χ2n) is 5.54. The van der Waals surface area contributed by atoms with Gasteiger partial charge in [0.1, 0.15) is 0 Å². The lowest BCUT2D eigenvalue weighted by Gasteiger charge is -2.43. The summed E-state index contributed by atoms with van der Waals surface area (Å²) in [5.74, 6) is 0.0806. The summed E-state index contributed by atoms with van der Waals surface area (Å²) in [6.07, 6.45) is 6.80. The first-order valence-electron chi connectivity index (χ1n) is 7.31. The van der Waals surface area contributed by atoms with Crippen LogP contribution in [0.1, 0.15) is 38.5 Å². The molecule has 0 unspecified atom stereocenters. The van der Waals surface area contributed by atoms with Crippen molar-refractivity contribution in [3.63, 3.8) is 0 Å². The molecular weight excluding hydrogens is 242 g/mol. The minimum atomic E-state index is 0.0299. The summed E-state index contributed by atoms with van der Waals surface area (Å²) in [5.41, 5.74) is 5.99. The monoisotopic (exact) mass is 271 g/mol. The fourth-order valence-electron chi connectivity index (χ4n) is 2.83. The second-order valence-corrected chi connectivity index (χ2v) is 5.54. The molecule has 112 valence electrons. The summed E-state index contributed by atoms with van der Waals surface area (Å²) in [6.45, 7) is 2.43. The van der Waals surface area contributed by atoms with Crippen LogP contribution in [0.3, 0.4) is 0 Å². The van der Waals surface area contributed by atoms with E-state index >= 15 is 0 Å². The molecule has 1 saturated carbocycles. The van der Waals surface area contributed by atoms with E-state index in [-0.39, 0.29) is 11.4 Å². The summed E-state index contributed by atoms with van der Waals surface area (Å²) in [7, 11) is 3.69. The van der Waals surface area contributed by atoms with Crippen LogP contribution in [0.5, 0.6) is 0 Å². The number of nitrogens with one attached hydrogen (secondary N) is 1. The van der Waals surface area contributed by atoms with Gasteiger partial charge >= 0.3 is 0 Å². The Morgan fingerprint density at radius 1 is 1.37 bits per heavy atom. The van der Waals surface area contributed by atoms with Crippen molar-refractivity contribution in [2.45, 2.75) is 44.1 Å². The Morgan fingerprint density at radius 3 is 2.63 bits per heavy atom. The van der Waals surface area contributed by atoms with Gasteiger partial charge in [0.15, 0.2) is 0 Å². The molecule has 0 aliphatic heterocycles. The van der Waals surface area contributed by atoms with Crippen LogP contribution < -0.4 is 11.1 Å². The normalized spacial score (nSPS) is 18.5. The summed E-state index contributed by atoms with van der Waals surface area (Å²) >= 11 is 0. The Balaban J connectivity index is 2.35. The molecular formula is C14H29N3O2. The molecule has 19 heavy (non-hydrogen) atoms. The van der Waals surface area contributed by atoms with Gasteiger partial charge in [0, 0.05) is 32.3 Å². The first-order valence-corrected chi connectivity index (χ1v) is 7.31. The van der Waals surface area contributed by atoms with Crippen molar-refractivity contribution in [2.24, 2.45) is 5.73 Å². The van der Waals surface area contributed by atoms with Crippen molar-refractivity contribution < 1.29 is 9.53 Å². The summed E-state index contributed by atoms with van der Waals surface area (Å²) in [5, 5.41) is 2.93. The van der Waals surface area contributed by atoms with E-state index in [1.807, 2.05) is 7.05 Å². The van der Waals surface area contributed by atoms with Crippen LogP contribution in [0.4, 0.5) is 0 Å². The minimum Gasteiger partial charge on any atom is -0.385 e. The Labute approximate surface area is 116 Å². The molecule has 0 saturated heterocycles. The van der Waals surface area contributed by atoms with Gasteiger partial charge < -0.3 is 15.8 Å². The van der Waals surface area contributed by atoms with E-state index in [9.17, 15) is 4.79 Å². The van der Waals surface area contributed by atoms with Gasteiger partial charge in [-0.15, -0.1) is 0 Å². The summed E-state index contributed by atoms with van der Waals surface area (Å²) in [6, 6.07) is 0. The van der Waals surface area contributed by atoms with Crippen LogP contribution >= 0.6 is 0 Å². The highest BCUT2D eigenvalue weighted by Gasteiger charge is 2.35. The van der Waals surface area contributed by atoms with Gasteiger partial charge in [-0.3, -0.25) is 9.69 Å². The predicted octanol–water partition coefficient (Wildman–Crippen LogP) is 0.733. The first-order chi connectivity index (χ1) is 9.14. The molecule has 0 aromatic heterocycles. The number of likely N-dealkylation sites (N-methyl/N-ethyl adjacent to an activating group) is 1. The zero-order chi connectivity index (χ0) is 14.1. The highest BCUT2D eigenvalue weighted by molar-refractivity contribution is 5.78. The third kappa shape index (κ3) is 5.09. The molecule has 0 spiro atoms. The third-order valence-corrected chi connectivity index (χ3v) is 4.20. The highest BCUT2D eigenvalue weighted by atomic mass is 16.5. The lowest BCUT2D eigenvalue weighted by atomic mass is 9.80. The minimum absolute atomic E-state index is 0.0299. The van der Waals surface area contributed by atoms with E-state index in [2.05, 4.69) is 10.2 Å². The van der Waals surface area contributed by atoms with E-state index in [4.69, 9.17) is 10.5 Å². The van der Waals surface area contributed by atoms with Gasteiger partial charge in [-0.1, -0.05) is 19.3 Å². The molecule has 3 N–H and O–H groups in total. The number of methoxy groups -OCH3 is 1. The summed E-state index contributed by atoms with van der Waals surface area (Å²) < 4.78 is 4.96. The van der Waals surface area contributed by atoms with E-state index in [1.54, 1.807) is 7.11 Å². The molecule has 1 aliphatic carbocycles. The first kappa shape index (κ1) is 16.4. The average molecular weight is 271 g/mol. The fourth-order valence-corrected chi connectivity index (χ4v) is 2.83. The van der Waals surface area contributed by atoms with Gasteiger partial charge in [-0.25, -0.2) is 0 Å². The van der Waals surface area contributed by atoms with Gasteiger partial charge in [-0.2, -0.15) is 0 Å². The molecule has 0 radical (unpaired) electrons. The van der Waals surface area contributed by atoms with Crippen LogP contribution in [0.25, 0.3) is 0 Å². The quantitative estimate of drug-likeness (QED) is 0.639. The Bertz CT molecular complexity index is 265. The molecule has 0 aromatic rings. The number of carbonyl (C=O) groups excluding carboxylic acids is 1. The highest BCUT2D eigenvalue weighted by Crippen LogP contribution is 2.31. The average Bonchev–Trinajstić information content (AvgIpc) is 2.44. The van der Waals surface area contributed by atoms with E-state index in [1.165, 1.54) is 19.3 Å². The number of amides is 1. The van der Waals surface area contributed by atoms with E-state index < -0.39 is 0 Å². The van der Waals surface area contributed by atoms with Crippen LogP contribution in [-0.2, 0) is 9.53 Å². The SMILES string of the molecule is COCCCNC(=O)CN(C)C1(CN)CCCCC1. The maximum Gasteiger partial charge on any atom is 0.234 e.